The smallest absolute Gasteiger partial charge is 0.379 e. The van der Waals surface area contributed by atoms with E-state index in [1.54, 1.807) is 6.92 Å². The topological polar surface area (TPSA) is 289 Å². The summed E-state index contributed by atoms with van der Waals surface area (Å²) in [5.74, 6) is -9.43. The number of benzene rings is 1. The number of ether oxygens (including phenoxy) is 2. The number of alkyl halides is 3. The number of morpholine rings is 1. The summed E-state index contributed by atoms with van der Waals surface area (Å²) in [6.45, 7) is 4.14. The third-order valence-electron chi connectivity index (χ3n) is 21.2. The highest BCUT2D eigenvalue weighted by molar-refractivity contribution is 6.31. The molecule has 3 saturated heterocycles. The van der Waals surface area contributed by atoms with Gasteiger partial charge in [0.25, 0.3) is 0 Å². The van der Waals surface area contributed by atoms with Crippen LogP contribution in [-0.4, -0.2) is 278 Å². The number of aryl methyl sites for hydroxylation is 1. The first-order valence-electron chi connectivity index (χ1n) is 35.2. The van der Waals surface area contributed by atoms with Crippen LogP contribution in [-0.2, 0) is 79.6 Å². The summed E-state index contributed by atoms with van der Waals surface area (Å²) in [5.41, 5.74) is -2.39. The molecule has 26 nitrogen and oxygen atoms in total. The normalized spacial score (nSPS) is 26.8. The van der Waals surface area contributed by atoms with E-state index in [0.29, 0.717) is 57.8 Å². The molecule has 3 heterocycles. The van der Waals surface area contributed by atoms with Crippen LogP contribution < -0.4 is 16.0 Å². The molecule has 3 N–H and O–H groups in total. The zero-order chi connectivity index (χ0) is 72.8. The Labute approximate surface area is 584 Å². The van der Waals surface area contributed by atoms with E-state index in [-0.39, 0.29) is 89.6 Å². The summed E-state index contributed by atoms with van der Waals surface area (Å²) >= 11 is 6.13. The van der Waals surface area contributed by atoms with Crippen molar-refractivity contribution in [2.24, 2.45) is 17.8 Å². The monoisotopic (exact) mass is 1420 g/mol. The number of hydrogen-bond donors (Lipinski definition) is 3. The molecule has 552 valence electrons. The second-order valence-electron chi connectivity index (χ2n) is 28.1. The lowest BCUT2D eigenvalue weighted by atomic mass is 9.78. The molecule has 0 bridgehead atoms. The fourth-order valence-corrected chi connectivity index (χ4v) is 14.9. The number of hydrogen-bond acceptors (Lipinski definition) is 14. The van der Waals surface area contributed by atoms with E-state index in [0.717, 1.165) is 57.4 Å². The molecule has 6 aliphatic rings. The predicted molar refractivity (Wildman–Crippen MR) is 358 cm³/mol. The highest BCUT2D eigenvalue weighted by atomic mass is 35.5. The number of rotatable bonds is 12. The average Bonchev–Trinajstić information content (AvgIpc) is 1.76. The lowest BCUT2D eigenvalue weighted by molar-refractivity contribution is -0.158. The maximum Gasteiger partial charge on any atom is 0.417 e. The van der Waals surface area contributed by atoms with Gasteiger partial charge < -0.3 is 69.5 Å². The molecule has 12 amide bonds. The number of carbonyl (C=O) groups excluding carboxylic acids is 12. The molecule has 1 aromatic carbocycles. The van der Waals surface area contributed by atoms with Gasteiger partial charge in [-0.25, -0.2) is 0 Å². The van der Waals surface area contributed by atoms with Crippen molar-refractivity contribution >= 4 is 82.5 Å². The summed E-state index contributed by atoms with van der Waals surface area (Å²) < 4.78 is 52.9. The van der Waals surface area contributed by atoms with Gasteiger partial charge in [0.2, 0.25) is 70.9 Å². The molecule has 0 radical (unpaired) electrons. The maximum absolute atomic E-state index is 15.8. The molecule has 99 heavy (non-hydrogen) atoms. The van der Waals surface area contributed by atoms with Gasteiger partial charge in [0.15, 0.2) is 0 Å². The molecule has 3 aliphatic carbocycles. The fraction of sp³-hybridized carbons (Fsp3) is 0.739. The van der Waals surface area contributed by atoms with Crippen molar-refractivity contribution in [3.63, 3.8) is 0 Å². The minimum Gasteiger partial charge on any atom is -0.379 e. The first kappa shape index (κ1) is 79.2. The van der Waals surface area contributed by atoms with Crippen molar-refractivity contribution in [3.8, 4) is 0 Å². The van der Waals surface area contributed by atoms with Crippen LogP contribution in [0.25, 0.3) is 0 Å². The van der Waals surface area contributed by atoms with Crippen LogP contribution in [0.5, 0.6) is 0 Å². The van der Waals surface area contributed by atoms with Gasteiger partial charge in [0, 0.05) is 75.6 Å². The first-order chi connectivity index (χ1) is 46.8. The lowest BCUT2D eigenvalue weighted by Crippen LogP contribution is -2.65. The number of nitrogens with one attached hydrogen (secondary N) is 3. The second-order valence-corrected chi connectivity index (χ2v) is 28.5. The van der Waals surface area contributed by atoms with Gasteiger partial charge >= 0.3 is 6.18 Å². The van der Waals surface area contributed by atoms with E-state index in [4.69, 9.17) is 21.1 Å². The Kier molecular flexibility index (Phi) is 28.4. The van der Waals surface area contributed by atoms with Crippen LogP contribution in [0, 0.1) is 17.8 Å². The van der Waals surface area contributed by atoms with Crippen LogP contribution >= 0.6 is 11.6 Å². The SMILES string of the molecule is CCCOC[C@H]1C(=O)N(C)CC(=O)N[C@@H](CCc2ccc(C(F)(F)F)c(Cl)c2)C(=O)N2CCCC2C(=O)NC2(CCCC2)C(=O)N(C)[C@@H](C2CCCCC2)C(=O)N(C)[C@H](C(=O)N2CCOCC2)CC(=O)N(C)[C@@H](C2CCC2)C(=O)N[C@@H]([C@@H](C)CC)C(=O)N(C)CC(=O)N(C)CC(=O)N1C. The van der Waals surface area contributed by atoms with Crippen LogP contribution in [0.2, 0.25) is 5.02 Å². The molecule has 30 heteroatoms. The van der Waals surface area contributed by atoms with E-state index in [2.05, 4.69) is 16.0 Å². The zero-order valence-electron chi connectivity index (χ0n) is 59.3. The molecule has 1 spiro atoms. The Morgan fingerprint density at radius 3 is 1.90 bits per heavy atom. The largest absolute Gasteiger partial charge is 0.417 e. The fourth-order valence-electron chi connectivity index (χ4n) is 14.6. The summed E-state index contributed by atoms with van der Waals surface area (Å²) in [7, 11) is 9.72. The van der Waals surface area contributed by atoms with Crippen LogP contribution in [0.15, 0.2) is 18.2 Å². The van der Waals surface area contributed by atoms with Gasteiger partial charge in [0.1, 0.15) is 47.8 Å². The van der Waals surface area contributed by atoms with E-state index >= 15 is 28.8 Å². The van der Waals surface area contributed by atoms with Crippen LogP contribution in [0.4, 0.5) is 13.2 Å². The zero-order valence-corrected chi connectivity index (χ0v) is 60.0. The second kappa shape index (κ2) is 35.5. The van der Waals surface area contributed by atoms with Gasteiger partial charge in [-0.15, -0.1) is 0 Å². The summed E-state index contributed by atoms with van der Waals surface area (Å²) in [4.78, 5) is 189. The molecule has 3 saturated carbocycles. The third-order valence-corrected chi connectivity index (χ3v) is 21.5. The number of nitrogens with zero attached hydrogens (tertiary/aromatic N) is 9. The number of carbonyl (C=O) groups is 12. The molecular weight excluding hydrogens is 1310 g/mol. The van der Waals surface area contributed by atoms with E-state index in [1.165, 1.54) is 79.9 Å². The van der Waals surface area contributed by atoms with Crippen LogP contribution in [0.3, 0.4) is 0 Å². The molecule has 7 rings (SSSR count). The van der Waals surface area contributed by atoms with E-state index in [9.17, 15) is 41.9 Å². The van der Waals surface area contributed by atoms with E-state index in [1.807, 2.05) is 13.8 Å². The standard InChI is InChI=1S/C69H104ClF3N12O14/c1-11-34-99-42-52-63(93)78(5)39-53(86)74-49(28-26-44-25-27-47(48(70)37-44)69(71,72)73)62(92)85-31-19-24-50(85)60(90)76-68(29-16-17-30-68)67(97)83(10)59(46-20-14-13-15-21-46)66(96)81(8)51(64(94)84-32-35-98-36-33-84)38-54(87)82(9)58(45-22-18-23-45)61(91)75-57(43(3)12-2)65(95)79(6)40-55(88)77(4)41-56(89)80(52)7/h25,27,37,43,45-46,49-52,57-59H,11-24,26,28-36,38-42H2,1-10H3,(H,74,86)(H,75,91)(H,76,90)/t43-,49-,50?,51-,52-,57-,58-,59-/m0/s1. The molecule has 6 fully saturated rings. The Bertz CT molecular complexity index is 3090. The average molecular weight is 1420 g/mol. The number of halogens is 4. The number of fused-ring (bicyclic) bond motifs is 1. The third kappa shape index (κ3) is 19.5. The van der Waals surface area contributed by atoms with Gasteiger partial charge in [-0.3, -0.25) is 57.5 Å². The number of amides is 12. The molecular formula is C69H104ClF3N12O14. The van der Waals surface area contributed by atoms with Gasteiger partial charge in [-0.1, -0.05) is 83.4 Å². The van der Waals surface area contributed by atoms with Crippen LogP contribution in [0.1, 0.15) is 147 Å². The van der Waals surface area contributed by atoms with Gasteiger partial charge in [0.05, 0.1) is 56.5 Å². The molecule has 8 atom stereocenters. The van der Waals surface area contributed by atoms with Crippen molar-refractivity contribution in [1.82, 2.24) is 60.0 Å². The first-order valence-corrected chi connectivity index (χ1v) is 35.5. The van der Waals surface area contributed by atoms with Crippen molar-refractivity contribution in [3.05, 3.63) is 34.3 Å². The van der Waals surface area contributed by atoms with Crippen molar-refractivity contribution in [1.29, 1.82) is 0 Å². The minimum absolute atomic E-state index is 0.0183. The Hall–Kier alpha value is -7.14. The molecule has 1 aromatic rings. The summed E-state index contributed by atoms with van der Waals surface area (Å²) in [6, 6.07) is -5.89. The van der Waals surface area contributed by atoms with Crippen molar-refractivity contribution in [2.75, 3.05) is 115 Å². The quantitative estimate of drug-likeness (QED) is 0.253. The van der Waals surface area contributed by atoms with Crippen molar-refractivity contribution < 1.29 is 80.2 Å². The Balaban J connectivity index is 1.28. The van der Waals surface area contributed by atoms with E-state index < -0.39 is 173 Å². The lowest BCUT2D eigenvalue weighted by Gasteiger charge is -2.44. The maximum atomic E-state index is 15.8. The summed E-state index contributed by atoms with van der Waals surface area (Å²) in [6.07, 6.45) is 2.31. The predicted octanol–water partition coefficient (Wildman–Crippen LogP) is 3.48. The van der Waals surface area contributed by atoms with Crippen molar-refractivity contribution in [2.45, 2.75) is 197 Å². The number of likely N-dealkylation sites (N-methyl/N-ethyl adjacent to an activating group) is 7. The highest BCUT2D eigenvalue weighted by Crippen LogP contribution is 2.39. The molecule has 3 aliphatic heterocycles. The Morgan fingerprint density at radius 2 is 1.29 bits per heavy atom. The Morgan fingerprint density at radius 1 is 0.667 bits per heavy atom. The highest BCUT2D eigenvalue weighted by Gasteiger charge is 2.52. The molecule has 1 unspecified atom stereocenters. The molecule has 0 aromatic heterocycles. The minimum atomic E-state index is -4.77. The van der Waals surface area contributed by atoms with Gasteiger partial charge in [-0.2, -0.15) is 13.2 Å². The van der Waals surface area contributed by atoms with Gasteiger partial charge in [-0.05, 0) is 106 Å². The summed E-state index contributed by atoms with van der Waals surface area (Å²) in [5, 5.41) is 8.10.